The van der Waals surface area contributed by atoms with Gasteiger partial charge in [-0.25, -0.2) is 8.78 Å². The number of anilines is 1. The Morgan fingerprint density at radius 3 is 2.59 bits per heavy atom. The number of amides is 2. The van der Waals surface area contributed by atoms with Gasteiger partial charge in [-0.05, 0) is 43.7 Å². The summed E-state index contributed by atoms with van der Waals surface area (Å²) in [5, 5.41) is 5.84. The van der Waals surface area contributed by atoms with Crippen molar-refractivity contribution in [2.24, 2.45) is 0 Å². The molecular formula is C19H16F2N2O3S. The summed E-state index contributed by atoms with van der Waals surface area (Å²) in [6.07, 6.45) is 1.39. The minimum atomic E-state index is -0.725. The SMILES string of the molecule is Cc1cc(NC(=O)c2ccco2)sc1C(=O)N[C@H](C)c1ccc(F)cc1F. The predicted molar refractivity (Wildman–Crippen MR) is 98.0 cm³/mol. The monoisotopic (exact) mass is 390 g/mol. The van der Waals surface area contributed by atoms with E-state index in [-0.39, 0.29) is 11.3 Å². The number of benzene rings is 1. The van der Waals surface area contributed by atoms with Gasteiger partial charge in [0.05, 0.1) is 22.2 Å². The lowest BCUT2D eigenvalue weighted by molar-refractivity contribution is 0.0941. The summed E-state index contributed by atoms with van der Waals surface area (Å²) in [6, 6.07) is 7.36. The summed E-state index contributed by atoms with van der Waals surface area (Å²) in [7, 11) is 0. The first-order valence-electron chi connectivity index (χ1n) is 8.06. The van der Waals surface area contributed by atoms with E-state index in [4.69, 9.17) is 4.42 Å². The maximum Gasteiger partial charge on any atom is 0.291 e. The van der Waals surface area contributed by atoms with Crippen molar-refractivity contribution in [2.45, 2.75) is 19.9 Å². The molecule has 3 rings (SSSR count). The molecule has 2 heterocycles. The third-order valence-corrected chi connectivity index (χ3v) is 5.03. The van der Waals surface area contributed by atoms with Crippen molar-refractivity contribution in [1.82, 2.24) is 5.32 Å². The van der Waals surface area contributed by atoms with Crippen molar-refractivity contribution >= 4 is 28.2 Å². The van der Waals surface area contributed by atoms with Crippen LogP contribution >= 0.6 is 11.3 Å². The van der Waals surface area contributed by atoms with E-state index >= 15 is 0 Å². The van der Waals surface area contributed by atoms with Crippen molar-refractivity contribution in [2.75, 3.05) is 5.32 Å². The quantitative estimate of drug-likeness (QED) is 0.665. The predicted octanol–water partition coefficient (Wildman–Crippen LogP) is 4.67. The lowest BCUT2D eigenvalue weighted by Crippen LogP contribution is -2.27. The van der Waals surface area contributed by atoms with E-state index in [2.05, 4.69) is 10.6 Å². The van der Waals surface area contributed by atoms with Gasteiger partial charge < -0.3 is 15.1 Å². The van der Waals surface area contributed by atoms with Gasteiger partial charge in [-0.1, -0.05) is 6.07 Å². The van der Waals surface area contributed by atoms with Crippen molar-refractivity contribution in [3.8, 4) is 0 Å². The minimum Gasteiger partial charge on any atom is -0.459 e. The number of furan rings is 1. The van der Waals surface area contributed by atoms with Gasteiger partial charge in [-0.15, -0.1) is 11.3 Å². The molecule has 0 bridgehead atoms. The molecule has 2 amide bonds. The lowest BCUT2D eigenvalue weighted by Gasteiger charge is -2.15. The fourth-order valence-electron chi connectivity index (χ4n) is 2.54. The first kappa shape index (κ1) is 18.8. The molecule has 1 atom stereocenters. The topological polar surface area (TPSA) is 71.3 Å². The number of hydrogen-bond acceptors (Lipinski definition) is 4. The Morgan fingerprint density at radius 1 is 1.15 bits per heavy atom. The summed E-state index contributed by atoms with van der Waals surface area (Å²) < 4.78 is 31.9. The van der Waals surface area contributed by atoms with Crippen LogP contribution in [0.5, 0.6) is 0 Å². The van der Waals surface area contributed by atoms with Crippen LogP contribution < -0.4 is 10.6 Å². The average molecular weight is 390 g/mol. The summed E-state index contributed by atoms with van der Waals surface area (Å²) in [5.41, 5.74) is 0.851. The zero-order valence-electron chi connectivity index (χ0n) is 14.5. The van der Waals surface area contributed by atoms with Gasteiger partial charge in [0.2, 0.25) is 0 Å². The van der Waals surface area contributed by atoms with E-state index < -0.39 is 29.5 Å². The smallest absolute Gasteiger partial charge is 0.291 e. The highest BCUT2D eigenvalue weighted by Crippen LogP contribution is 2.28. The van der Waals surface area contributed by atoms with Gasteiger partial charge in [-0.2, -0.15) is 0 Å². The van der Waals surface area contributed by atoms with Crippen LogP contribution in [-0.4, -0.2) is 11.8 Å². The number of halogens is 2. The van der Waals surface area contributed by atoms with Crippen LogP contribution in [0.3, 0.4) is 0 Å². The number of carbonyl (C=O) groups is 2. The standard InChI is InChI=1S/C19H16F2N2O3S/c1-10-8-16(23-18(24)15-4-3-7-26-15)27-17(10)19(25)22-11(2)13-6-5-12(20)9-14(13)21/h3-9,11H,1-2H3,(H,22,25)(H,23,24)/t11-/m1/s1. The molecule has 3 aromatic rings. The maximum atomic E-state index is 13.9. The van der Waals surface area contributed by atoms with Gasteiger partial charge in [0.1, 0.15) is 11.6 Å². The van der Waals surface area contributed by atoms with Crippen molar-refractivity contribution in [3.05, 3.63) is 76.1 Å². The number of hydrogen-bond donors (Lipinski definition) is 2. The largest absolute Gasteiger partial charge is 0.459 e. The molecule has 140 valence electrons. The first-order chi connectivity index (χ1) is 12.8. The molecule has 2 aromatic heterocycles. The van der Waals surface area contributed by atoms with Crippen LogP contribution in [0.25, 0.3) is 0 Å². The number of rotatable bonds is 5. The fourth-order valence-corrected chi connectivity index (χ4v) is 3.51. The van der Waals surface area contributed by atoms with Crippen LogP contribution in [0.15, 0.2) is 47.1 Å². The summed E-state index contributed by atoms with van der Waals surface area (Å²) in [6.45, 7) is 3.34. The highest BCUT2D eigenvalue weighted by molar-refractivity contribution is 7.18. The second-order valence-corrected chi connectivity index (χ2v) is 6.97. The van der Waals surface area contributed by atoms with Gasteiger partial charge in [0.25, 0.3) is 11.8 Å². The highest BCUT2D eigenvalue weighted by Gasteiger charge is 2.20. The molecule has 27 heavy (non-hydrogen) atoms. The van der Waals surface area contributed by atoms with Crippen LogP contribution in [0.2, 0.25) is 0 Å². The molecule has 0 aliphatic carbocycles. The van der Waals surface area contributed by atoms with Crippen LogP contribution in [0, 0.1) is 18.6 Å². The molecule has 0 aliphatic heterocycles. The summed E-state index contributed by atoms with van der Waals surface area (Å²) >= 11 is 1.10. The van der Waals surface area contributed by atoms with E-state index in [0.29, 0.717) is 15.4 Å². The third kappa shape index (κ3) is 4.22. The molecule has 1 aromatic carbocycles. The third-order valence-electron chi connectivity index (χ3n) is 3.88. The molecule has 0 spiro atoms. The molecule has 0 unspecified atom stereocenters. The van der Waals surface area contributed by atoms with Crippen LogP contribution in [-0.2, 0) is 0 Å². The van der Waals surface area contributed by atoms with Crippen LogP contribution in [0.1, 0.15) is 44.3 Å². The van der Waals surface area contributed by atoms with Gasteiger partial charge >= 0.3 is 0 Å². The van der Waals surface area contributed by atoms with Crippen molar-refractivity contribution in [3.63, 3.8) is 0 Å². The Balaban J connectivity index is 1.71. The minimum absolute atomic E-state index is 0.160. The summed E-state index contributed by atoms with van der Waals surface area (Å²) in [5.74, 6) is -2.08. The lowest BCUT2D eigenvalue weighted by atomic mass is 10.1. The molecule has 0 radical (unpaired) electrons. The number of aryl methyl sites for hydroxylation is 1. The van der Waals surface area contributed by atoms with E-state index in [0.717, 1.165) is 23.5 Å². The summed E-state index contributed by atoms with van der Waals surface area (Å²) in [4.78, 5) is 24.9. The number of carbonyl (C=O) groups excluding carboxylic acids is 2. The van der Waals surface area contributed by atoms with Crippen molar-refractivity contribution in [1.29, 1.82) is 0 Å². The molecule has 0 saturated heterocycles. The zero-order valence-corrected chi connectivity index (χ0v) is 15.3. The number of thiophene rings is 1. The Bertz CT molecular complexity index is 983. The molecule has 0 fully saturated rings. The molecular weight excluding hydrogens is 374 g/mol. The fraction of sp³-hybridized carbons (Fsp3) is 0.158. The molecule has 8 heteroatoms. The number of nitrogens with one attached hydrogen (secondary N) is 2. The van der Waals surface area contributed by atoms with E-state index in [9.17, 15) is 18.4 Å². The molecule has 2 N–H and O–H groups in total. The van der Waals surface area contributed by atoms with E-state index in [1.807, 2.05) is 0 Å². The van der Waals surface area contributed by atoms with Gasteiger partial charge in [0, 0.05) is 11.6 Å². The highest BCUT2D eigenvalue weighted by atomic mass is 32.1. The Labute approximate surface area is 158 Å². The second kappa shape index (κ2) is 7.71. The van der Waals surface area contributed by atoms with E-state index in [1.54, 1.807) is 26.0 Å². The Morgan fingerprint density at radius 2 is 1.93 bits per heavy atom. The zero-order chi connectivity index (χ0) is 19.6. The second-order valence-electron chi connectivity index (χ2n) is 5.92. The van der Waals surface area contributed by atoms with Gasteiger partial charge in [0.15, 0.2) is 5.76 Å². The molecule has 0 saturated carbocycles. The van der Waals surface area contributed by atoms with E-state index in [1.165, 1.54) is 18.4 Å². The van der Waals surface area contributed by atoms with Gasteiger partial charge in [-0.3, -0.25) is 9.59 Å². The maximum absolute atomic E-state index is 13.9. The van der Waals surface area contributed by atoms with Crippen LogP contribution in [0.4, 0.5) is 13.8 Å². The first-order valence-corrected chi connectivity index (χ1v) is 8.88. The van der Waals surface area contributed by atoms with Crippen molar-refractivity contribution < 1.29 is 22.8 Å². The average Bonchev–Trinajstić information content (AvgIpc) is 3.24. The molecule has 0 aliphatic rings. The normalized spacial score (nSPS) is 11.9. The Hall–Kier alpha value is -3.00. The molecule has 5 nitrogen and oxygen atoms in total. The Kier molecular flexibility index (Phi) is 5.36.